The van der Waals surface area contributed by atoms with E-state index < -0.39 is 35.0 Å². The van der Waals surface area contributed by atoms with E-state index in [4.69, 9.17) is 0 Å². The van der Waals surface area contributed by atoms with Crippen molar-refractivity contribution in [1.82, 2.24) is 0 Å². The molecular formula is C22H22F2N2O4. The number of halogens is 2. The van der Waals surface area contributed by atoms with Crippen LogP contribution >= 0.6 is 0 Å². The topological polar surface area (TPSA) is 75.7 Å². The largest absolute Gasteiger partial charge is 0.465 e. The Balaban J connectivity index is 1.77. The molecule has 0 spiro atoms. The molecule has 1 fully saturated rings. The van der Waals surface area contributed by atoms with Crippen LogP contribution in [0.4, 0.5) is 20.2 Å². The minimum atomic E-state index is -1.09. The van der Waals surface area contributed by atoms with Gasteiger partial charge in [-0.2, -0.15) is 0 Å². The van der Waals surface area contributed by atoms with Crippen LogP contribution in [0.1, 0.15) is 42.1 Å². The minimum absolute atomic E-state index is 0.0373. The number of carbonyl (C=O) groups excluding carboxylic acids is 3. The first-order valence-corrected chi connectivity index (χ1v) is 9.49. The first-order chi connectivity index (χ1) is 14.2. The van der Waals surface area contributed by atoms with E-state index in [0.29, 0.717) is 11.8 Å². The molecule has 1 N–H and O–H groups in total. The number of anilines is 2. The third-order valence-electron chi connectivity index (χ3n) is 5.06. The van der Waals surface area contributed by atoms with Crippen molar-refractivity contribution in [3.05, 3.63) is 59.2 Å². The number of esters is 1. The average molecular weight is 416 g/mol. The van der Waals surface area contributed by atoms with Crippen LogP contribution in [0, 0.1) is 17.6 Å². The first kappa shape index (κ1) is 21.4. The lowest BCUT2D eigenvalue weighted by Crippen LogP contribution is -2.28. The van der Waals surface area contributed by atoms with E-state index in [-0.39, 0.29) is 30.5 Å². The number of rotatable bonds is 5. The molecule has 3 rings (SSSR count). The Kier molecular flexibility index (Phi) is 6.14. The monoisotopic (exact) mass is 416 g/mol. The van der Waals surface area contributed by atoms with Crippen LogP contribution in [0.15, 0.2) is 36.4 Å². The van der Waals surface area contributed by atoms with Gasteiger partial charge in [0, 0.05) is 24.7 Å². The van der Waals surface area contributed by atoms with Gasteiger partial charge in [0.15, 0.2) is 0 Å². The lowest BCUT2D eigenvalue weighted by atomic mass is 10.0. The molecule has 0 aromatic heterocycles. The van der Waals surface area contributed by atoms with Gasteiger partial charge >= 0.3 is 5.97 Å². The third kappa shape index (κ3) is 4.32. The van der Waals surface area contributed by atoms with Crippen LogP contribution in [-0.4, -0.2) is 31.4 Å². The highest BCUT2D eigenvalue weighted by Gasteiger charge is 2.35. The molecule has 1 aliphatic heterocycles. The molecule has 0 radical (unpaired) electrons. The van der Waals surface area contributed by atoms with Gasteiger partial charge in [-0.3, -0.25) is 9.59 Å². The predicted molar refractivity (Wildman–Crippen MR) is 107 cm³/mol. The van der Waals surface area contributed by atoms with Gasteiger partial charge < -0.3 is 15.0 Å². The standard InChI is InChI=1S/C22H22F2N2O4/c1-12(2)13-5-4-6-15(7-13)26-11-14(8-20(26)27)21(28)25-19-9-16(22(29)30-3)17(23)10-18(19)24/h4-7,9-10,12,14H,8,11H2,1-3H3,(H,25,28). The molecule has 158 valence electrons. The first-order valence-electron chi connectivity index (χ1n) is 9.49. The van der Waals surface area contributed by atoms with Gasteiger partial charge in [0.05, 0.1) is 24.3 Å². The number of nitrogens with zero attached hydrogens (tertiary/aromatic N) is 1. The van der Waals surface area contributed by atoms with E-state index in [0.717, 1.165) is 18.7 Å². The molecule has 30 heavy (non-hydrogen) atoms. The maximum absolute atomic E-state index is 14.1. The second-order valence-electron chi connectivity index (χ2n) is 7.45. The quantitative estimate of drug-likeness (QED) is 0.751. The summed E-state index contributed by atoms with van der Waals surface area (Å²) in [7, 11) is 1.07. The van der Waals surface area contributed by atoms with Crippen LogP contribution < -0.4 is 10.2 Å². The van der Waals surface area contributed by atoms with Gasteiger partial charge in [-0.25, -0.2) is 13.6 Å². The van der Waals surface area contributed by atoms with Crippen LogP contribution in [0.3, 0.4) is 0 Å². The maximum Gasteiger partial charge on any atom is 0.340 e. The number of carbonyl (C=O) groups is 3. The fourth-order valence-electron chi connectivity index (χ4n) is 3.33. The Morgan fingerprint density at radius 2 is 1.90 bits per heavy atom. The summed E-state index contributed by atoms with van der Waals surface area (Å²) in [5, 5.41) is 2.35. The average Bonchev–Trinajstić information content (AvgIpc) is 3.11. The maximum atomic E-state index is 14.1. The van der Waals surface area contributed by atoms with E-state index in [1.54, 1.807) is 6.07 Å². The molecule has 0 bridgehead atoms. The lowest BCUT2D eigenvalue weighted by molar-refractivity contribution is -0.122. The van der Waals surface area contributed by atoms with E-state index in [1.807, 2.05) is 32.0 Å². The van der Waals surface area contributed by atoms with E-state index in [9.17, 15) is 23.2 Å². The number of ether oxygens (including phenoxy) is 1. The van der Waals surface area contributed by atoms with Crippen molar-refractivity contribution in [3.8, 4) is 0 Å². The van der Waals surface area contributed by atoms with Crippen molar-refractivity contribution in [2.75, 3.05) is 23.9 Å². The van der Waals surface area contributed by atoms with Crippen LogP contribution in [0.5, 0.6) is 0 Å². The molecule has 8 heteroatoms. The van der Waals surface area contributed by atoms with Gasteiger partial charge in [-0.15, -0.1) is 0 Å². The van der Waals surface area contributed by atoms with Crippen LogP contribution in [0.2, 0.25) is 0 Å². The van der Waals surface area contributed by atoms with Crippen molar-refractivity contribution in [2.24, 2.45) is 5.92 Å². The number of benzene rings is 2. The highest BCUT2D eigenvalue weighted by molar-refractivity contribution is 6.04. The molecule has 1 atom stereocenters. The zero-order valence-corrected chi connectivity index (χ0v) is 16.9. The summed E-state index contributed by atoms with van der Waals surface area (Å²) < 4.78 is 32.3. The third-order valence-corrected chi connectivity index (χ3v) is 5.06. The summed E-state index contributed by atoms with van der Waals surface area (Å²) in [6, 6.07) is 8.92. The van der Waals surface area contributed by atoms with Crippen molar-refractivity contribution in [2.45, 2.75) is 26.2 Å². The number of hydrogen-bond acceptors (Lipinski definition) is 4. The van der Waals surface area contributed by atoms with Crippen LogP contribution in [-0.2, 0) is 14.3 Å². The fourth-order valence-corrected chi connectivity index (χ4v) is 3.33. The van der Waals surface area contributed by atoms with Gasteiger partial charge in [0.25, 0.3) is 0 Å². The number of amides is 2. The summed E-state index contributed by atoms with van der Waals surface area (Å²) >= 11 is 0. The molecule has 1 heterocycles. The normalized spacial score (nSPS) is 16.1. The molecule has 6 nitrogen and oxygen atoms in total. The summed E-state index contributed by atoms with van der Waals surface area (Å²) in [5.41, 5.74) is 0.915. The Morgan fingerprint density at radius 1 is 1.17 bits per heavy atom. The van der Waals surface area contributed by atoms with Crippen LogP contribution in [0.25, 0.3) is 0 Å². The highest BCUT2D eigenvalue weighted by atomic mass is 19.1. The molecule has 2 aromatic rings. The van der Waals surface area contributed by atoms with Crippen molar-refractivity contribution >= 4 is 29.2 Å². The van der Waals surface area contributed by atoms with E-state index >= 15 is 0 Å². The van der Waals surface area contributed by atoms with Crippen molar-refractivity contribution in [3.63, 3.8) is 0 Å². The van der Waals surface area contributed by atoms with Crippen molar-refractivity contribution < 1.29 is 27.9 Å². The number of nitrogens with one attached hydrogen (secondary N) is 1. The predicted octanol–water partition coefficient (Wildman–Crippen LogP) is 3.87. The lowest BCUT2D eigenvalue weighted by Gasteiger charge is -2.18. The molecule has 1 unspecified atom stereocenters. The molecule has 0 aliphatic carbocycles. The zero-order valence-electron chi connectivity index (χ0n) is 16.9. The fraction of sp³-hybridized carbons (Fsp3) is 0.318. The molecule has 0 saturated carbocycles. The number of methoxy groups -OCH3 is 1. The smallest absolute Gasteiger partial charge is 0.340 e. The molecular weight excluding hydrogens is 394 g/mol. The Labute approximate surface area is 172 Å². The van der Waals surface area contributed by atoms with E-state index in [2.05, 4.69) is 10.1 Å². The highest BCUT2D eigenvalue weighted by Crippen LogP contribution is 2.29. The SMILES string of the molecule is COC(=O)c1cc(NC(=O)C2CC(=O)N(c3cccc(C(C)C)c3)C2)c(F)cc1F. The van der Waals surface area contributed by atoms with Gasteiger partial charge in [0.2, 0.25) is 11.8 Å². The molecule has 2 aromatic carbocycles. The summed E-state index contributed by atoms with van der Waals surface area (Å²) in [4.78, 5) is 38.2. The Hall–Kier alpha value is -3.29. The molecule has 1 saturated heterocycles. The summed E-state index contributed by atoms with van der Waals surface area (Å²) in [5.74, 6) is -4.35. The minimum Gasteiger partial charge on any atom is -0.465 e. The molecule has 1 aliphatic rings. The zero-order chi connectivity index (χ0) is 22.0. The molecule has 2 amide bonds. The second-order valence-corrected chi connectivity index (χ2v) is 7.45. The summed E-state index contributed by atoms with van der Waals surface area (Å²) in [6.45, 7) is 4.22. The van der Waals surface area contributed by atoms with Crippen molar-refractivity contribution in [1.29, 1.82) is 0 Å². The Morgan fingerprint density at radius 3 is 2.57 bits per heavy atom. The van der Waals surface area contributed by atoms with E-state index in [1.165, 1.54) is 4.90 Å². The summed E-state index contributed by atoms with van der Waals surface area (Å²) in [6.07, 6.45) is -0.0373. The number of hydrogen-bond donors (Lipinski definition) is 1. The van der Waals surface area contributed by atoms with Gasteiger partial charge in [0.1, 0.15) is 11.6 Å². The Bertz CT molecular complexity index is 1010. The van der Waals surface area contributed by atoms with Gasteiger partial charge in [-0.1, -0.05) is 26.0 Å². The van der Waals surface area contributed by atoms with Gasteiger partial charge in [-0.05, 0) is 29.7 Å². The second kappa shape index (κ2) is 8.61.